The molecular formula is C24H27NO. The molecule has 0 aliphatic rings. The van der Waals surface area contributed by atoms with E-state index in [2.05, 4.69) is 79.8 Å². The molecule has 0 spiro atoms. The normalized spacial score (nSPS) is 10.9. The molecule has 0 aliphatic heterocycles. The molecule has 3 aromatic rings. The third kappa shape index (κ3) is 5.47. The molecule has 0 heterocycles. The molecule has 0 atom stereocenters. The van der Waals surface area contributed by atoms with Gasteiger partial charge in [0.25, 0.3) is 0 Å². The Labute approximate surface area is 156 Å². The third-order valence-electron chi connectivity index (χ3n) is 4.48. The number of benzene rings is 3. The van der Waals surface area contributed by atoms with Gasteiger partial charge in [-0.25, -0.2) is 0 Å². The predicted molar refractivity (Wildman–Crippen MR) is 108 cm³/mol. The van der Waals surface area contributed by atoms with Gasteiger partial charge in [0.15, 0.2) is 0 Å². The highest BCUT2D eigenvalue weighted by molar-refractivity contribution is 5.29. The lowest BCUT2D eigenvalue weighted by Gasteiger charge is -2.10. The molecule has 0 bridgehead atoms. The third-order valence-corrected chi connectivity index (χ3v) is 4.48. The zero-order chi connectivity index (χ0) is 18.2. The Morgan fingerprint density at radius 2 is 1.27 bits per heavy atom. The number of rotatable bonds is 8. The van der Waals surface area contributed by atoms with Gasteiger partial charge in [0.2, 0.25) is 0 Å². The smallest absolute Gasteiger partial charge is 0.119 e. The molecule has 0 aromatic heterocycles. The maximum absolute atomic E-state index is 5.90. The molecule has 0 fully saturated rings. The first-order valence-corrected chi connectivity index (χ1v) is 9.26. The highest BCUT2D eigenvalue weighted by Crippen LogP contribution is 2.17. The second kappa shape index (κ2) is 9.21. The summed E-state index contributed by atoms with van der Waals surface area (Å²) in [5.41, 5.74) is 5.12. The van der Waals surface area contributed by atoms with E-state index in [1.807, 2.05) is 18.2 Å². The number of hydrogen-bond donors (Lipinski definition) is 1. The van der Waals surface area contributed by atoms with Crippen molar-refractivity contribution in [2.45, 2.75) is 39.5 Å². The van der Waals surface area contributed by atoms with Gasteiger partial charge in [-0.15, -0.1) is 0 Å². The largest absolute Gasteiger partial charge is 0.489 e. The van der Waals surface area contributed by atoms with Crippen molar-refractivity contribution in [2.75, 3.05) is 0 Å². The van der Waals surface area contributed by atoms with Crippen molar-refractivity contribution in [3.8, 4) is 5.75 Å². The average Bonchev–Trinajstić information content (AvgIpc) is 2.68. The van der Waals surface area contributed by atoms with Crippen LogP contribution in [0.25, 0.3) is 0 Å². The van der Waals surface area contributed by atoms with E-state index in [9.17, 15) is 0 Å². The van der Waals surface area contributed by atoms with Gasteiger partial charge in [-0.1, -0.05) is 80.6 Å². The van der Waals surface area contributed by atoms with Crippen molar-refractivity contribution in [3.05, 3.63) is 101 Å². The van der Waals surface area contributed by atoms with Gasteiger partial charge in [-0.2, -0.15) is 0 Å². The Balaban J connectivity index is 1.45. The van der Waals surface area contributed by atoms with Crippen molar-refractivity contribution in [1.82, 2.24) is 5.32 Å². The molecule has 134 valence electrons. The molecule has 2 heteroatoms. The SMILES string of the molecule is CC(C)c1ccc(COc2ccc(CNCc3ccccc3)cc2)cc1. The van der Waals surface area contributed by atoms with Crippen LogP contribution in [-0.2, 0) is 19.7 Å². The molecule has 0 saturated carbocycles. The van der Waals surface area contributed by atoms with Gasteiger partial charge in [0.1, 0.15) is 12.4 Å². The summed E-state index contributed by atoms with van der Waals surface area (Å²) in [5.74, 6) is 1.47. The van der Waals surface area contributed by atoms with Crippen molar-refractivity contribution < 1.29 is 4.74 Å². The van der Waals surface area contributed by atoms with Crippen molar-refractivity contribution in [2.24, 2.45) is 0 Å². The van der Waals surface area contributed by atoms with Crippen LogP contribution in [0.5, 0.6) is 5.75 Å². The maximum atomic E-state index is 5.90. The Kier molecular flexibility index (Phi) is 6.45. The molecule has 0 radical (unpaired) electrons. The fourth-order valence-electron chi connectivity index (χ4n) is 2.82. The molecule has 0 saturated heterocycles. The second-order valence-electron chi connectivity index (χ2n) is 6.92. The van der Waals surface area contributed by atoms with Crippen LogP contribution in [0.1, 0.15) is 42.0 Å². The first-order valence-electron chi connectivity index (χ1n) is 9.26. The van der Waals surface area contributed by atoms with E-state index < -0.39 is 0 Å². The minimum Gasteiger partial charge on any atom is -0.489 e. The van der Waals surface area contributed by atoms with Crippen LogP contribution in [0.4, 0.5) is 0 Å². The minimum absolute atomic E-state index is 0.563. The van der Waals surface area contributed by atoms with E-state index in [4.69, 9.17) is 4.74 Å². The van der Waals surface area contributed by atoms with Crippen molar-refractivity contribution in [1.29, 1.82) is 0 Å². The average molecular weight is 345 g/mol. The first kappa shape index (κ1) is 18.2. The summed E-state index contributed by atoms with van der Waals surface area (Å²) >= 11 is 0. The van der Waals surface area contributed by atoms with Gasteiger partial charge in [0.05, 0.1) is 0 Å². The Morgan fingerprint density at radius 1 is 0.692 bits per heavy atom. The van der Waals surface area contributed by atoms with Crippen LogP contribution in [0.15, 0.2) is 78.9 Å². The van der Waals surface area contributed by atoms with E-state index in [1.165, 1.54) is 22.3 Å². The van der Waals surface area contributed by atoms with E-state index in [0.29, 0.717) is 12.5 Å². The zero-order valence-electron chi connectivity index (χ0n) is 15.6. The summed E-state index contributed by atoms with van der Waals surface area (Å²) < 4.78 is 5.90. The summed E-state index contributed by atoms with van der Waals surface area (Å²) in [7, 11) is 0. The van der Waals surface area contributed by atoms with E-state index in [0.717, 1.165) is 18.8 Å². The lowest BCUT2D eigenvalue weighted by atomic mass is 10.0. The predicted octanol–water partition coefficient (Wildman–Crippen LogP) is 5.68. The minimum atomic E-state index is 0.563. The summed E-state index contributed by atoms with van der Waals surface area (Å²) in [6.07, 6.45) is 0. The summed E-state index contributed by atoms with van der Waals surface area (Å²) in [6.45, 7) is 6.75. The topological polar surface area (TPSA) is 21.3 Å². The lowest BCUT2D eigenvalue weighted by molar-refractivity contribution is 0.306. The monoisotopic (exact) mass is 345 g/mol. The maximum Gasteiger partial charge on any atom is 0.119 e. The van der Waals surface area contributed by atoms with Crippen LogP contribution in [-0.4, -0.2) is 0 Å². The van der Waals surface area contributed by atoms with Crippen molar-refractivity contribution >= 4 is 0 Å². The molecule has 2 nitrogen and oxygen atoms in total. The van der Waals surface area contributed by atoms with Gasteiger partial charge < -0.3 is 10.1 Å². The molecular weight excluding hydrogens is 318 g/mol. The molecule has 1 N–H and O–H groups in total. The molecule has 3 aromatic carbocycles. The van der Waals surface area contributed by atoms with E-state index in [-0.39, 0.29) is 0 Å². The summed E-state index contributed by atoms with van der Waals surface area (Å²) in [5, 5.41) is 3.47. The van der Waals surface area contributed by atoms with Gasteiger partial charge in [0, 0.05) is 13.1 Å². The molecule has 3 rings (SSSR count). The number of hydrogen-bond acceptors (Lipinski definition) is 2. The highest BCUT2D eigenvalue weighted by Gasteiger charge is 2.01. The standard InChI is InChI=1S/C24H27NO/c1-19(2)23-12-8-22(9-13-23)18-26-24-14-10-21(11-15-24)17-25-16-20-6-4-3-5-7-20/h3-15,19,25H,16-18H2,1-2H3. The molecule has 0 amide bonds. The zero-order valence-corrected chi connectivity index (χ0v) is 15.6. The van der Waals surface area contributed by atoms with E-state index in [1.54, 1.807) is 0 Å². The van der Waals surface area contributed by atoms with Crippen LogP contribution in [0.3, 0.4) is 0 Å². The number of ether oxygens (including phenoxy) is 1. The van der Waals surface area contributed by atoms with Gasteiger partial charge in [-0.05, 0) is 40.3 Å². The fraction of sp³-hybridized carbons (Fsp3) is 0.250. The van der Waals surface area contributed by atoms with Gasteiger partial charge in [-0.3, -0.25) is 0 Å². The summed E-state index contributed by atoms with van der Waals surface area (Å²) in [4.78, 5) is 0. The second-order valence-corrected chi connectivity index (χ2v) is 6.92. The summed E-state index contributed by atoms with van der Waals surface area (Å²) in [6, 6.07) is 27.5. The Morgan fingerprint density at radius 3 is 1.88 bits per heavy atom. The molecule has 0 unspecified atom stereocenters. The quantitative estimate of drug-likeness (QED) is 0.567. The molecule has 0 aliphatic carbocycles. The highest BCUT2D eigenvalue weighted by atomic mass is 16.5. The first-order chi connectivity index (χ1) is 12.7. The van der Waals surface area contributed by atoms with E-state index >= 15 is 0 Å². The molecule has 26 heavy (non-hydrogen) atoms. The van der Waals surface area contributed by atoms with Gasteiger partial charge >= 0.3 is 0 Å². The van der Waals surface area contributed by atoms with Crippen LogP contribution in [0.2, 0.25) is 0 Å². The lowest BCUT2D eigenvalue weighted by Crippen LogP contribution is -2.12. The Hall–Kier alpha value is -2.58. The van der Waals surface area contributed by atoms with Crippen molar-refractivity contribution in [3.63, 3.8) is 0 Å². The Bertz CT molecular complexity index is 777. The van der Waals surface area contributed by atoms with Crippen LogP contribution >= 0.6 is 0 Å². The number of nitrogens with one attached hydrogen (secondary N) is 1. The fourth-order valence-corrected chi connectivity index (χ4v) is 2.82. The van der Waals surface area contributed by atoms with Crippen LogP contribution in [0, 0.1) is 0 Å². The van der Waals surface area contributed by atoms with Crippen LogP contribution < -0.4 is 10.1 Å².